The largest absolute Gasteiger partial charge is 0.438 e. The van der Waals surface area contributed by atoms with Crippen LogP contribution < -0.4 is 10.5 Å². The molecule has 2 N–H and O–H groups in total. The van der Waals surface area contributed by atoms with Crippen molar-refractivity contribution in [2.75, 3.05) is 5.73 Å². The molecule has 1 aromatic carbocycles. The molecule has 0 aliphatic heterocycles. The molecule has 1 aliphatic carbocycles. The Labute approximate surface area is 133 Å². The number of fused-ring (bicyclic) bond motifs is 3. The summed E-state index contributed by atoms with van der Waals surface area (Å²) in [5, 5.41) is 1.10. The molecule has 22 heavy (non-hydrogen) atoms. The number of aryl methyl sites for hydroxylation is 3. The zero-order valence-electron chi connectivity index (χ0n) is 12.4. The van der Waals surface area contributed by atoms with E-state index in [4.69, 9.17) is 10.5 Å². The van der Waals surface area contributed by atoms with Crippen LogP contribution in [-0.4, -0.2) is 9.97 Å². The number of hydrogen-bond acceptors (Lipinski definition) is 5. The molecule has 1 aliphatic rings. The van der Waals surface area contributed by atoms with Crippen LogP contribution in [0, 0.1) is 6.92 Å². The van der Waals surface area contributed by atoms with Crippen molar-refractivity contribution in [2.24, 2.45) is 0 Å². The number of ether oxygens (including phenoxy) is 1. The topological polar surface area (TPSA) is 61.0 Å². The van der Waals surface area contributed by atoms with Gasteiger partial charge in [0, 0.05) is 10.6 Å². The summed E-state index contributed by atoms with van der Waals surface area (Å²) >= 11 is 1.79. The molecular formula is C17H17N3OS. The van der Waals surface area contributed by atoms with Gasteiger partial charge in [0.1, 0.15) is 16.4 Å². The van der Waals surface area contributed by atoms with Crippen molar-refractivity contribution in [3.8, 4) is 11.6 Å². The number of nitrogens with two attached hydrogens (primary N) is 1. The van der Waals surface area contributed by atoms with Crippen LogP contribution in [0.25, 0.3) is 10.2 Å². The molecule has 0 unspecified atom stereocenters. The Morgan fingerprint density at radius 1 is 1.09 bits per heavy atom. The van der Waals surface area contributed by atoms with Crippen molar-refractivity contribution in [1.29, 1.82) is 0 Å². The number of rotatable bonds is 2. The van der Waals surface area contributed by atoms with Crippen LogP contribution in [0.2, 0.25) is 0 Å². The minimum Gasteiger partial charge on any atom is -0.438 e. The second kappa shape index (κ2) is 5.25. The van der Waals surface area contributed by atoms with Gasteiger partial charge < -0.3 is 10.5 Å². The molecule has 2 aromatic heterocycles. The van der Waals surface area contributed by atoms with Crippen LogP contribution in [0.3, 0.4) is 0 Å². The molecular weight excluding hydrogens is 294 g/mol. The highest BCUT2D eigenvalue weighted by Crippen LogP contribution is 2.40. The van der Waals surface area contributed by atoms with E-state index in [0.717, 1.165) is 40.3 Å². The van der Waals surface area contributed by atoms with Crippen LogP contribution in [0.15, 0.2) is 24.3 Å². The van der Waals surface area contributed by atoms with E-state index < -0.39 is 0 Å². The fraction of sp³-hybridized carbons (Fsp3) is 0.294. The van der Waals surface area contributed by atoms with Crippen LogP contribution in [0.5, 0.6) is 11.6 Å². The minimum atomic E-state index is 0.673. The summed E-state index contributed by atoms with van der Waals surface area (Å²) in [7, 11) is 0. The second-order valence-electron chi connectivity index (χ2n) is 5.64. The number of nitrogens with zero attached hydrogens (tertiary/aromatic N) is 2. The van der Waals surface area contributed by atoms with Crippen molar-refractivity contribution in [3.05, 3.63) is 40.5 Å². The summed E-state index contributed by atoms with van der Waals surface area (Å²) in [5.41, 5.74) is 7.84. The summed E-state index contributed by atoms with van der Waals surface area (Å²) in [6, 6.07) is 7.42. The first-order valence-electron chi connectivity index (χ1n) is 7.53. The molecule has 0 fully saturated rings. The number of aromatic nitrogens is 2. The summed E-state index contributed by atoms with van der Waals surface area (Å²) in [6.45, 7) is 1.91. The van der Waals surface area contributed by atoms with Gasteiger partial charge in [-0.05, 0) is 62.4 Å². The lowest BCUT2D eigenvalue weighted by Gasteiger charge is -2.12. The normalized spacial score (nSPS) is 14.0. The monoisotopic (exact) mass is 311 g/mol. The first-order chi connectivity index (χ1) is 10.7. The van der Waals surface area contributed by atoms with E-state index in [9.17, 15) is 0 Å². The molecule has 5 heteroatoms. The van der Waals surface area contributed by atoms with Gasteiger partial charge in [0.2, 0.25) is 5.88 Å². The lowest BCUT2D eigenvalue weighted by molar-refractivity contribution is 0.466. The zero-order chi connectivity index (χ0) is 15.1. The summed E-state index contributed by atoms with van der Waals surface area (Å²) in [5.74, 6) is 2.17. The van der Waals surface area contributed by atoms with Gasteiger partial charge in [-0.1, -0.05) is 0 Å². The fourth-order valence-electron chi connectivity index (χ4n) is 2.95. The maximum absolute atomic E-state index is 6.05. The summed E-state index contributed by atoms with van der Waals surface area (Å²) < 4.78 is 6.05. The average Bonchev–Trinajstić information content (AvgIpc) is 2.87. The van der Waals surface area contributed by atoms with E-state index >= 15 is 0 Å². The number of thiophene rings is 1. The van der Waals surface area contributed by atoms with E-state index in [1.165, 1.54) is 23.3 Å². The molecule has 0 radical (unpaired) electrons. The van der Waals surface area contributed by atoms with E-state index in [-0.39, 0.29) is 0 Å². The molecule has 0 saturated heterocycles. The predicted molar refractivity (Wildman–Crippen MR) is 89.7 cm³/mol. The van der Waals surface area contributed by atoms with Crippen LogP contribution in [0.4, 0.5) is 5.69 Å². The highest BCUT2D eigenvalue weighted by molar-refractivity contribution is 7.18. The van der Waals surface area contributed by atoms with Crippen molar-refractivity contribution in [1.82, 2.24) is 9.97 Å². The standard InChI is InChI=1S/C17H17N3OS/c1-10-19-16(21-12-8-6-11(18)7-9-12)15-13-4-2-3-5-14(13)22-17(15)20-10/h6-9H,2-5,18H2,1H3. The zero-order valence-corrected chi connectivity index (χ0v) is 13.2. The number of hydrogen-bond donors (Lipinski definition) is 1. The first kappa shape index (κ1) is 13.5. The van der Waals surface area contributed by atoms with Gasteiger partial charge in [0.25, 0.3) is 0 Å². The second-order valence-corrected chi connectivity index (χ2v) is 6.72. The fourth-order valence-corrected chi connectivity index (χ4v) is 4.24. The minimum absolute atomic E-state index is 0.673. The van der Waals surface area contributed by atoms with Crippen LogP contribution in [0.1, 0.15) is 29.1 Å². The van der Waals surface area contributed by atoms with E-state index in [1.54, 1.807) is 11.3 Å². The van der Waals surface area contributed by atoms with Gasteiger partial charge in [-0.2, -0.15) is 4.98 Å². The number of nitrogen functional groups attached to an aromatic ring is 1. The third-order valence-electron chi connectivity index (χ3n) is 3.99. The predicted octanol–water partition coefficient (Wildman–Crippen LogP) is 4.25. The van der Waals surface area contributed by atoms with E-state index in [1.807, 2.05) is 31.2 Å². The number of benzene rings is 1. The Balaban J connectivity index is 1.85. The van der Waals surface area contributed by atoms with Crippen molar-refractivity contribution >= 4 is 27.2 Å². The van der Waals surface area contributed by atoms with Crippen LogP contribution >= 0.6 is 11.3 Å². The Bertz CT molecular complexity index is 839. The highest BCUT2D eigenvalue weighted by Gasteiger charge is 2.21. The molecule has 112 valence electrons. The smallest absolute Gasteiger partial charge is 0.231 e. The Morgan fingerprint density at radius 3 is 2.68 bits per heavy atom. The SMILES string of the molecule is Cc1nc(Oc2ccc(N)cc2)c2c3c(sc2n1)CCCC3. The van der Waals surface area contributed by atoms with Gasteiger partial charge in [0.05, 0.1) is 5.39 Å². The summed E-state index contributed by atoms with van der Waals surface area (Å²) in [4.78, 5) is 11.6. The lowest BCUT2D eigenvalue weighted by atomic mass is 9.97. The van der Waals surface area contributed by atoms with Crippen LogP contribution in [-0.2, 0) is 12.8 Å². The maximum atomic E-state index is 6.05. The molecule has 4 rings (SSSR count). The molecule has 2 heterocycles. The molecule has 3 aromatic rings. The van der Waals surface area contributed by atoms with Crippen molar-refractivity contribution in [2.45, 2.75) is 32.6 Å². The maximum Gasteiger partial charge on any atom is 0.231 e. The molecule has 0 amide bonds. The van der Waals surface area contributed by atoms with Gasteiger partial charge in [-0.25, -0.2) is 4.98 Å². The number of anilines is 1. The quantitative estimate of drug-likeness (QED) is 0.719. The first-order valence-corrected chi connectivity index (χ1v) is 8.34. The van der Waals surface area contributed by atoms with E-state index in [0.29, 0.717) is 5.88 Å². The summed E-state index contributed by atoms with van der Waals surface area (Å²) in [6.07, 6.45) is 4.74. The molecule has 4 nitrogen and oxygen atoms in total. The average molecular weight is 311 g/mol. The highest BCUT2D eigenvalue weighted by atomic mass is 32.1. The molecule has 0 bridgehead atoms. The molecule has 0 spiro atoms. The lowest BCUT2D eigenvalue weighted by Crippen LogP contribution is -2.00. The van der Waals surface area contributed by atoms with E-state index in [2.05, 4.69) is 9.97 Å². The van der Waals surface area contributed by atoms with Gasteiger partial charge in [-0.15, -0.1) is 11.3 Å². The van der Waals surface area contributed by atoms with Gasteiger partial charge in [-0.3, -0.25) is 0 Å². The third kappa shape index (κ3) is 2.31. The van der Waals surface area contributed by atoms with Gasteiger partial charge >= 0.3 is 0 Å². The molecule has 0 saturated carbocycles. The van der Waals surface area contributed by atoms with Crippen molar-refractivity contribution in [3.63, 3.8) is 0 Å². The Hall–Kier alpha value is -2.14. The van der Waals surface area contributed by atoms with Crippen molar-refractivity contribution < 1.29 is 4.74 Å². The Morgan fingerprint density at radius 2 is 1.86 bits per heavy atom. The Kier molecular flexibility index (Phi) is 3.22. The third-order valence-corrected chi connectivity index (χ3v) is 5.17. The molecule has 0 atom stereocenters. The van der Waals surface area contributed by atoms with Gasteiger partial charge in [0.15, 0.2) is 0 Å².